The molecule has 2 heterocycles. The topological polar surface area (TPSA) is 58.4 Å². The van der Waals surface area contributed by atoms with Crippen molar-refractivity contribution in [2.75, 3.05) is 26.2 Å². The van der Waals surface area contributed by atoms with Gasteiger partial charge in [0.05, 0.1) is 3.79 Å². The summed E-state index contributed by atoms with van der Waals surface area (Å²) in [4.78, 5) is 14.8. The minimum Gasteiger partial charge on any atom is -0.368 e. The van der Waals surface area contributed by atoms with Gasteiger partial charge in [-0.2, -0.15) is 0 Å². The minimum atomic E-state index is -0.315. The molecule has 1 saturated heterocycles. The Labute approximate surface area is 121 Å². The van der Waals surface area contributed by atoms with Crippen molar-refractivity contribution >= 4 is 49.1 Å². The molecule has 94 valence electrons. The number of nitrogens with two attached hydrogens (primary N) is 1. The first-order valence-electron chi connectivity index (χ1n) is 5.28. The van der Waals surface area contributed by atoms with E-state index in [0.29, 0.717) is 0 Å². The van der Waals surface area contributed by atoms with Crippen molar-refractivity contribution in [1.29, 1.82) is 0 Å². The van der Waals surface area contributed by atoms with Crippen molar-refractivity contribution in [2.45, 2.75) is 6.04 Å². The van der Waals surface area contributed by atoms with Crippen LogP contribution < -0.4 is 11.1 Å². The second kappa shape index (κ2) is 5.79. The Kier molecular flexibility index (Phi) is 4.59. The molecule has 7 heteroatoms. The van der Waals surface area contributed by atoms with Crippen molar-refractivity contribution in [2.24, 2.45) is 5.73 Å². The second-order valence-corrected chi connectivity index (χ2v) is 7.12. The third-order valence-electron chi connectivity index (χ3n) is 2.72. The van der Waals surface area contributed by atoms with Crippen LogP contribution in [0.25, 0.3) is 0 Å². The van der Waals surface area contributed by atoms with Gasteiger partial charge in [-0.25, -0.2) is 0 Å². The lowest BCUT2D eigenvalue weighted by Gasteiger charge is -2.32. The maximum atomic E-state index is 11.7. The van der Waals surface area contributed by atoms with E-state index < -0.39 is 0 Å². The number of nitrogens with one attached hydrogen (secondary N) is 1. The van der Waals surface area contributed by atoms with Crippen molar-refractivity contribution in [3.63, 3.8) is 0 Å². The summed E-state index contributed by atoms with van der Waals surface area (Å²) in [5.41, 5.74) is 5.53. The first kappa shape index (κ1) is 13.5. The molecule has 0 saturated carbocycles. The number of thiophene rings is 1. The lowest BCUT2D eigenvalue weighted by Crippen LogP contribution is -2.48. The first-order chi connectivity index (χ1) is 8.09. The number of nitrogens with zero attached hydrogens (tertiary/aromatic N) is 1. The van der Waals surface area contributed by atoms with Crippen LogP contribution in [0.4, 0.5) is 0 Å². The number of carbonyl (C=O) groups excluding carboxylic acids is 1. The number of amides is 1. The molecule has 17 heavy (non-hydrogen) atoms. The van der Waals surface area contributed by atoms with E-state index in [9.17, 15) is 4.79 Å². The number of carbonyl (C=O) groups is 1. The lowest BCUT2D eigenvalue weighted by molar-refractivity contribution is -0.123. The van der Waals surface area contributed by atoms with Crippen LogP contribution >= 0.6 is 43.2 Å². The van der Waals surface area contributed by atoms with Gasteiger partial charge in [0.2, 0.25) is 5.91 Å². The third kappa shape index (κ3) is 3.08. The van der Waals surface area contributed by atoms with E-state index in [0.717, 1.165) is 39.3 Å². The molecule has 0 spiro atoms. The van der Waals surface area contributed by atoms with Gasteiger partial charge in [-0.05, 0) is 37.9 Å². The highest BCUT2D eigenvalue weighted by Gasteiger charge is 2.28. The van der Waals surface area contributed by atoms with Crippen LogP contribution in [-0.4, -0.2) is 37.0 Å². The zero-order valence-corrected chi connectivity index (χ0v) is 13.1. The van der Waals surface area contributed by atoms with Crippen LogP contribution in [0.5, 0.6) is 0 Å². The summed E-state index contributed by atoms with van der Waals surface area (Å²) in [6, 6.07) is 1.65. The van der Waals surface area contributed by atoms with Gasteiger partial charge in [-0.15, -0.1) is 11.3 Å². The smallest absolute Gasteiger partial charge is 0.240 e. The van der Waals surface area contributed by atoms with Gasteiger partial charge >= 0.3 is 0 Å². The molecule has 1 unspecified atom stereocenters. The van der Waals surface area contributed by atoms with Gasteiger partial charge in [0.15, 0.2) is 0 Å². The molecule has 0 aromatic carbocycles. The van der Waals surface area contributed by atoms with Crippen molar-refractivity contribution < 1.29 is 4.79 Å². The number of rotatable bonds is 3. The summed E-state index contributed by atoms with van der Waals surface area (Å²) in [6.45, 7) is 3.50. The summed E-state index contributed by atoms with van der Waals surface area (Å²) in [6.07, 6.45) is 0. The summed E-state index contributed by atoms with van der Waals surface area (Å²) < 4.78 is 1.97. The molecule has 1 aliphatic heterocycles. The van der Waals surface area contributed by atoms with Crippen molar-refractivity contribution in [3.05, 3.63) is 19.2 Å². The fourth-order valence-corrected chi connectivity index (χ4v) is 4.17. The van der Waals surface area contributed by atoms with E-state index in [1.165, 1.54) is 0 Å². The number of halogens is 2. The molecule has 1 atom stereocenters. The quantitative estimate of drug-likeness (QED) is 0.836. The second-order valence-electron chi connectivity index (χ2n) is 3.86. The van der Waals surface area contributed by atoms with E-state index in [4.69, 9.17) is 5.73 Å². The fourth-order valence-electron chi connectivity index (χ4n) is 1.94. The Morgan fingerprint density at radius 2 is 2.12 bits per heavy atom. The van der Waals surface area contributed by atoms with E-state index in [2.05, 4.69) is 42.1 Å². The van der Waals surface area contributed by atoms with Crippen LogP contribution in [0.3, 0.4) is 0 Å². The Hall–Kier alpha value is 0.0500. The van der Waals surface area contributed by atoms with E-state index in [1.807, 2.05) is 6.07 Å². The van der Waals surface area contributed by atoms with E-state index in [1.54, 1.807) is 11.3 Å². The highest BCUT2D eigenvalue weighted by molar-refractivity contribution is 9.13. The van der Waals surface area contributed by atoms with Gasteiger partial charge in [0, 0.05) is 35.5 Å². The Morgan fingerprint density at radius 1 is 1.47 bits per heavy atom. The van der Waals surface area contributed by atoms with Gasteiger partial charge in [0.1, 0.15) is 6.04 Å². The summed E-state index contributed by atoms with van der Waals surface area (Å²) in [7, 11) is 0. The maximum Gasteiger partial charge on any atom is 0.240 e. The monoisotopic (exact) mass is 381 g/mol. The fraction of sp³-hybridized carbons (Fsp3) is 0.500. The summed E-state index contributed by atoms with van der Waals surface area (Å²) in [5, 5.41) is 3.27. The predicted octanol–water partition coefficient (Wildman–Crippen LogP) is 1.70. The number of primary amides is 1. The van der Waals surface area contributed by atoms with Crippen LogP contribution in [0.1, 0.15) is 10.9 Å². The van der Waals surface area contributed by atoms with E-state index >= 15 is 0 Å². The predicted molar refractivity (Wildman–Crippen MR) is 76.1 cm³/mol. The van der Waals surface area contributed by atoms with Crippen molar-refractivity contribution in [3.8, 4) is 0 Å². The molecule has 0 radical (unpaired) electrons. The average molecular weight is 383 g/mol. The highest BCUT2D eigenvalue weighted by atomic mass is 79.9. The molecular weight excluding hydrogens is 370 g/mol. The average Bonchev–Trinajstić information content (AvgIpc) is 2.60. The number of piperazine rings is 1. The lowest BCUT2D eigenvalue weighted by atomic mass is 10.1. The van der Waals surface area contributed by atoms with E-state index in [-0.39, 0.29) is 11.9 Å². The normalized spacial score (nSPS) is 19.2. The molecule has 0 aliphatic carbocycles. The zero-order chi connectivity index (χ0) is 12.4. The Bertz CT molecular complexity index is 398. The number of hydrogen-bond donors (Lipinski definition) is 2. The standard InChI is InChI=1S/C10H13Br2N3OS/c11-6-5-7(17-9(6)12)8(10(13)16)15-3-1-14-2-4-15/h5,8,14H,1-4H2,(H2,13,16). The summed E-state index contributed by atoms with van der Waals surface area (Å²) >= 11 is 8.44. The zero-order valence-electron chi connectivity index (χ0n) is 9.08. The molecule has 1 aromatic rings. The molecule has 1 amide bonds. The van der Waals surface area contributed by atoms with Gasteiger partial charge in [-0.3, -0.25) is 9.69 Å². The van der Waals surface area contributed by atoms with Gasteiger partial charge < -0.3 is 11.1 Å². The molecule has 1 aliphatic rings. The summed E-state index contributed by atoms with van der Waals surface area (Å²) in [5.74, 6) is -0.284. The Morgan fingerprint density at radius 3 is 2.59 bits per heavy atom. The molecule has 4 nitrogen and oxygen atoms in total. The third-order valence-corrected chi connectivity index (χ3v) is 6.03. The molecule has 1 aromatic heterocycles. The number of hydrogen-bond acceptors (Lipinski definition) is 4. The SMILES string of the molecule is NC(=O)C(c1cc(Br)c(Br)s1)N1CCNCC1. The van der Waals surface area contributed by atoms with Crippen LogP contribution in [-0.2, 0) is 4.79 Å². The maximum absolute atomic E-state index is 11.7. The molecule has 1 fully saturated rings. The molecule has 2 rings (SSSR count). The largest absolute Gasteiger partial charge is 0.368 e. The van der Waals surface area contributed by atoms with Crippen LogP contribution in [0.2, 0.25) is 0 Å². The first-order valence-corrected chi connectivity index (χ1v) is 7.68. The Balaban J connectivity index is 2.24. The highest BCUT2D eigenvalue weighted by Crippen LogP contribution is 2.37. The molecule has 3 N–H and O–H groups in total. The molecule has 0 bridgehead atoms. The van der Waals surface area contributed by atoms with Crippen LogP contribution in [0, 0.1) is 0 Å². The van der Waals surface area contributed by atoms with Gasteiger partial charge in [-0.1, -0.05) is 0 Å². The van der Waals surface area contributed by atoms with Crippen molar-refractivity contribution in [1.82, 2.24) is 10.2 Å². The minimum absolute atomic E-state index is 0.284. The van der Waals surface area contributed by atoms with Gasteiger partial charge in [0.25, 0.3) is 0 Å². The van der Waals surface area contributed by atoms with Crippen LogP contribution in [0.15, 0.2) is 14.3 Å². The molecular formula is C10H13Br2N3OS.